The van der Waals surface area contributed by atoms with E-state index < -0.39 is 11.7 Å². The molecule has 6 heteroatoms. The second kappa shape index (κ2) is 5.16. The number of hydrogen-bond acceptors (Lipinski definition) is 3. The fourth-order valence-electron chi connectivity index (χ4n) is 1.99. The Balaban J connectivity index is 2.08. The number of alkyl halides is 3. The zero-order valence-corrected chi connectivity index (χ0v) is 9.83. The molecule has 0 radical (unpaired) electrons. The minimum atomic E-state index is -4.39. The van der Waals surface area contributed by atoms with Crippen LogP contribution in [-0.2, 0) is 17.5 Å². The molecule has 0 spiro atoms. The van der Waals surface area contributed by atoms with Gasteiger partial charge in [-0.1, -0.05) is 6.07 Å². The molecule has 100 valence electrons. The van der Waals surface area contributed by atoms with Crippen LogP contribution in [0.1, 0.15) is 11.1 Å². The number of hydrogen-bond donors (Lipinski definition) is 1. The largest absolute Gasteiger partial charge is 0.418 e. The van der Waals surface area contributed by atoms with Crippen molar-refractivity contribution in [2.45, 2.75) is 12.7 Å². The standard InChI is InChI=1S/C12H15F3N2O/c13-12(14,15)10-2-1-9(7-11(10)16)8-17-3-5-18-6-4-17/h1-2,7H,3-6,8,16H2. The van der Waals surface area contributed by atoms with Crippen molar-refractivity contribution in [1.29, 1.82) is 0 Å². The molecule has 1 aliphatic heterocycles. The first-order valence-electron chi connectivity index (χ1n) is 5.72. The van der Waals surface area contributed by atoms with Gasteiger partial charge < -0.3 is 10.5 Å². The Hall–Kier alpha value is -1.27. The number of rotatable bonds is 2. The second-order valence-corrected chi connectivity index (χ2v) is 4.31. The monoisotopic (exact) mass is 260 g/mol. The van der Waals surface area contributed by atoms with Crippen molar-refractivity contribution in [3.05, 3.63) is 29.3 Å². The van der Waals surface area contributed by atoms with Crippen LogP contribution in [0, 0.1) is 0 Å². The van der Waals surface area contributed by atoms with Crippen LogP contribution >= 0.6 is 0 Å². The summed E-state index contributed by atoms with van der Waals surface area (Å²) in [6, 6.07) is 3.93. The summed E-state index contributed by atoms with van der Waals surface area (Å²) >= 11 is 0. The van der Waals surface area contributed by atoms with Crippen molar-refractivity contribution in [1.82, 2.24) is 4.90 Å². The number of anilines is 1. The van der Waals surface area contributed by atoms with Crippen molar-refractivity contribution < 1.29 is 17.9 Å². The summed E-state index contributed by atoms with van der Waals surface area (Å²) in [5, 5.41) is 0. The molecule has 0 atom stereocenters. The lowest BCUT2D eigenvalue weighted by atomic mass is 10.1. The summed E-state index contributed by atoms with van der Waals surface area (Å²) in [6.45, 7) is 3.51. The predicted octanol–water partition coefficient (Wildman–Crippen LogP) is 2.12. The minimum absolute atomic E-state index is 0.215. The summed E-state index contributed by atoms with van der Waals surface area (Å²) in [6.07, 6.45) is -4.39. The lowest BCUT2D eigenvalue weighted by Crippen LogP contribution is -2.35. The number of ether oxygens (including phenoxy) is 1. The van der Waals surface area contributed by atoms with Crippen LogP contribution in [0.3, 0.4) is 0 Å². The van der Waals surface area contributed by atoms with Crippen molar-refractivity contribution in [3.63, 3.8) is 0 Å². The zero-order valence-electron chi connectivity index (χ0n) is 9.83. The third-order valence-electron chi connectivity index (χ3n) is 2.93. The average molecular weight is 260 g/mol. The molecule has 0 bridgehead atoms. The van der Waals surface area contributed by atoms with Gasteiger partial charge in [0.1, 0.15) is 0 Å². The van der Waals surface area contributed by atoms with Crippen LogP contribution < -0.4 is 5.73 Å². The molecule has 1 saturated heterocycles. The van der Waals surface area contributed by atoms with E-state index in [1.807, 2.05) is 0 Å². The molecule has 2 N–H and O–H groups in total. The molecule has 0 aliphatic carbocycles. The number of benzene rings is 1. The van der Waals surface area contributed by atoms with E-state index in [2.05, 4.69) is 4.90 Å². The van der Waals surface area contributed by atoms with Gasteiger partial charge in [-0.2, -0.15) is 13.2 Å². The molecular weight excluding hydrogens is 245 g/mol. The highest BCUT2D eigenvalue weighted by molar-refractivity contribution is 5.50. The lowest BCUT2D eigenvalue weighted by Gasteiger charge is -2.26. The molecule has 1 aliphatic rings. The lowest BCUT2D eigenvalue weighted by molar-refractivity contribution is -0.136. The Kier molecular flexibility index (Phi) is 3.77. The SMILES string of the molecule is Nc1cc(CN2CCOCC2)ccc1C(F)(F)F. The molecule has 0 aromatic heterocycles. The Bertz CT molecular complexity index is 414. The molecule has 2 rings (SSSR count). The molecule has 0 amide bonds. The maximum absolute atomic E-state index is 12.5. The van der Waals surface area contributed by atoms with Gasteiger partial charge >= 0.3 is 6.18 Å². The number of nitrogen functional groups attached to an aromatic ring is 1. The van der Waals surface area contributed by atoms with Gasteiger partial charge in [-0.3, -0.25) is 4.90 Å². The molecule has 1 aromatic carbocycles. The fraction of sp³-hybridized carbons (Fsp3) is 0.500. The van der Waals surface area contributed by atoms with Crippen LogP contribution in [0.5, 0.6) is 0 Å². The van der Waals surface area contributed by atoms with E-state index in [1.54, 1.807) is 0 Å². The molecule has 18 heavy (non-hydrogen) atoms. The first-order chi connectivity index (χ1) is 8.47. The highest BCUT2D eigenvalue weighted by atomic mass is 19.4. The van der Waals surface area contributed by atoms with E-state index >= 15 is 0 Å². The zero-order chi connectivity index (χ0) is 13.2. The van der Waals surface area contributed by atoms with Gasteiger partial charge in [0.2, 0.25) is 0 Å². The maximum atomic E-state index is 12.5. The van der Waals surface area contributed by atoms with Crippen molar-refractivity contribution >= 4 is 5.69 Å². The summed E-state index contributed by atoms with van der Waals surface area (Å²) < 4.78 is 42.8. The Morgan fingerprint density at radius 3 is 2.44 bits per heavy atom. The normalized spacial score (nSPS) is 17.9. The topological polar surface area (TPSA) is 38.5 Å². The Morgan fingerprint density at radius 1 is 1.22 bits per heavy atom. The number of nitrogens with two attached hydrogens (primary N) is 1. The van der Waals surface area contributed by atoms with Crippen molar-refractivity contribution in [2.75, 3.05) is 32.0 Å². The van der Waals surface area contributed by atoms with Crippen molar-refractivity contribution in [3.8, 4) is 0 Å². The molecule has 0 saturated carbocycles. The van der Waals surface area contributed by atoms with Gasteiger partial charge in [0, 0.05) is 25.3 Å². The third-order valence-corrected chi connectivity index (χ3v) is 2.93. The molecular formula is C12H15F3N2O. The second-order valence-electron chi connectivity index (χ2n) is 4.31. The number of nitrogens with zero attached hydrogens (tertiary/aromatic N) is 1. The van der Waals surface area contributed by atoms with Crippen LogP contribution in [0.25, 0.3) is 0 Å². The smallest absolute Gasteiger partial charge is 0.398 e. The van der Waals surface area contributed by atoms with Gasteiger partial charge in [-0.25, -0.2) is 0 Å². The Morgan fingerprint density at radius 2 is 1.89 bits per heavy atom. The quantitative estimate of drug-likeness (QED) is 0.828. The van der Waals surface area contributed by atoms with Crippen LogP contribution in [-0.4, -0.2) is 31.2 Å². The number of halogens is 3. The van der Waals surface area contributed by atoms with Gasteiger partial charge in [-0.05, 0) is 17.7 Å². The van der Waals surface area contributed by atoms with Gasteiger partial charge in [0.25, 0.3) is 0 Å². The summed E-state index contributed by atoms with van der Waals surface area (Å²) in [5.41, 5.74) is 5.26. The fourth-order valence-corrected chi connectivity index (χ4v) is 1.99. The first kappa shape index (κ1) is 13.2. The third kappa shape index (κ3) is 3.14. The van der Waals surface area contributed by atoms with E-state index in [4.69, 9.17) is 10.5 Å². The first-order valence-corrected chi connectivity index (χ1v) is 5.72. The van der Waals surface area contributed by atoms with E-state index in [-0.39, 0.29) is 5.69 Å². The molecule has 3 nitrogen and oxygen atoms in total. The molecule has 0 unspecified atom stereocenters. The predicted molar refractivity (Wildman–Crippen MR) is 62.0 cm³/mol. The van der Waals surface area contributed by atoms with E-state index in [1.165, 1.54) is 12.1 Å². The summed E-state index contributed by atoms with van der Waals surface area (Å²) in [4.78, 5) is 2.13. The van der Waals surface area contributed by atoms with Crippen LogP contribution in [0.4, 0.5) is 18.9 Å². The summed E-state index contributed by atoms with van der Waals surface area (Å²) in [7, 11) is 0. The maximum Gasteiger partial charge on any atom is 0.418 e. The van der Waals surface area contributed by atoms with Gasteiger partial charge in [0.15, 0.2) is 0 Å². The molecule has 1 aromatic rings. The highest BCUT2D eigenvalue weighted by Crippen LogP contribution is 2.33. The van der Waals surface area contributed by atoms with E-state index in [0.717, 1.165) is 24.7 Å². The van der Waals surface area contributed by atoms with Crippen molar-refractivity contribution in [2.24, 2.45) is 0 Å². The molecule has 1 fully saturated rings. The molecule has 1 heterocycles. The van der Waals surface area contributed by atoms with E-state index in [9.17, 15) is 13.2 Å². The van der Waals surface area contributed by atoms with E-state index in [0.29, 0.717) is 19.8 Å². The van der Waals surface area contributed by atoms with Crippen LogP contribution in [0.2, 0.25) is 0 Å². The van der Waals surface area contributed by atoms with Gasteiger partial charge in [-0.15, -0.1) is 0 Å². The average Bonchev–Trinajstić information content (AvgIpc) is 2.28. The number of morpholine rings is 1. The van der Waals surface area contributed by atoms with Gasteiger partial charge in [0.05, 0.1) is 18.8 Å². The van der Waals surface area contributed by atoms with Crippen LogP contribution in [0.15, 0.2) is 18.2 Å². The minimum Gasteiger partial charge on any atom is -0.398 e. The Labute approximate surface area is 103 Å². The summed E-state index contributed by atoms with van der Waals surface area (Å²) in [5.74, 6) is 0. The highest BCUT2D eigenvalue weighted by Gasteiger charge is 2.32.